The van der Waals surface area contributed by atoms with Crippen molar-refractivity contribution in [2.75, 3.05) is 6.54 Å². The van der Waals surface area contributed by atoms with Gasteiger partial charge in [0.05, 0.1) is 0 Å². The predicted octanol–water partition coefficient (Wildman–Crippen LogP) is 3.55. The van der Waals surface area contributed by atoms with Gasteiger partial charge in [-0.05, 0) is 36.1 Å². The van der Waals surface area contributed by atoms with Crippen LogP contribution in [0.4, 0.5) is 0 Å². The van der Waals surface area contributed by atoms with E-state index in [-0.39, 0.29) is 0 Å². The molecule has 0 aliphatic rings. The van der Waals surface area contributed by atoms with Gasteiger partial charge < -0.3 is 11.1 Å². The monoisotopic (exact) mass is 230 g/mol. The molecule has 3 N–H and O–H groups in total. The zero-order valence-electron chi connectivity index (χ0n) is 10.7. The summed E-state index contributed by atoms with van der Waals surface area (Å²) in [4.78, 5) is 0. The van der Waals surface area contributed by atoms with E-state index in [2.05, 4.69) is 19.6 Å². The lowest BCUT2D eigenvalue weighted by atomic mass is 10.0. The highest BCUT2D eigenvalue weighted by Crippen LogP contribution is 2.12. The second-order valence-electron chi connectivity index (χ2n) is 3.63. The Balaban J connectivity index is 4.87. The summed E-state index contributed by atoms with van der Waals surface area (Å²) in [5, 5.41) is 7.10. The van der Waals surface area contributed by atoms with Gasteiger partial charge in [-0.2, -0.15) is 0 Å². The van der Waals surface area contributed by atoms with Gasteiger partial charge in [0.25, 0.3) is 0 Å². The Hall–Kier alpha value is -1.67. The third-order valence-corrected chi connectivity index (χ3v) is 2.17. The Morgan fingerprint density at radius 3 is 2.53 bits per heavy atom. The smallest absolute Gasteiger partial charge is 0.0183 e. The number of nitrogens with one attached hydrogen (secondary N) is 1. The second-order valence-corrected chi connectivity index (χ2v) is 3.63. The van der Waals surface area contributed by atoms with E-state index >= 15 is 0 Å². The highest BCUT2D eigenvalue weighted by molar-refractivity contribution is 5.71. The Morgan fingerprint density at radius 2 is 2.00 bits per heavy atom. The van der Waals surface area contributed by atoms with Gasteiger partial charge in [-0.25, -0.2) is 0 Å². The third-order valence-electron chi connectivity index (χ3n) is 2.17. The largest absolute Gasteiger partial charge is 0.327 e. The summed E-state index contributed by atoms with van der Waals surface area (Å²) in [7, 11) is 0. The maximum Gasteiger partial charge on any atom is 0.0183 e. The van der Waals surface area contributed by atoms with E-state index in [1.165, 1.54) is 6.21 Å². The first-order valence-corrected chi connectivity index (χ1v) is 5.77. The minimum atomic E-state index is 0.499. The fraction of sp³-hybridized carbons (Fsp3) is 0.267. The molecule has 0 bridgehead atoms. The lowest BCUT2D eigenvalue weighted by Crippen LogP contribution is -1.92. The van der Waals surface area contributed by atoms with Gasteiger partial charge in [0.1, 0.15) is 0 Å². The summed E-state index contributed by atoms with van der Waals surface area (Å²) in [6, 6.07) is 0. The minimum Gasteiger partial charge on any atom is -0.327 e. The molecule has 0 aliphatic heterocycles. The first-order valence-electron chi connectivity index (χ1n) is 5.77. The van der Waals surface area contributed by atoms with Crippen LogP contribution < -0.4 is 5.73 Å². The first-order chi connectivity index (χ1) is 8.15. The van der Waals surface area contributed by atoms with Gasteiger partial charge in [0.15, 0.2) is 0 Å². The van der Waals surface area contributed by atoms with E-state index in [9.17, 15) is 0 Å². The quantitative estimate of drug-likeness (QED) is 0.510. The van der Waals surface area contributed by atoms with E-state index < -0.39 is 0 Å². The molecule has 2 nitrogen and oxygen atoms in total. The zero-order valence-corrected chi connectivity index (χ0v) is 10.7. The van der Waals surface area contributed by atoms with Gasteiger partial charge >= 0.3 is 0 Å². The standard InChI is InChI=1S/C15H22N2/c1-4-5-7-13(2)14(3)12-15(9-11-17)8-6-10-16/h5-9,11-12,17H,2,4,10,16H2,1,3H3/b7-5-,8-6-,14-12-,15-9+,17-11?. The predicted molar refractivity (Wildman–Crippen MR) is 77.4 cm³/mol. The van der Waals surface area contributed by atoms with Crippen LogP contribution in [0.5, 0.6) is 0 Å². The lowest BCUT2D eigenvalue weighted by molar-refractivity contribution is 1.22. The van der Waals surface area contributed by atoms with Crippen LogP contribution in [0.2, 0.25) is 0 Å². The van der Waals surface area contributed by atoms with Crippen molar-refractivity contribution in [1.29, 1.82) is 5.41 Å². The first kappa shape index (κ1) is 15.3. The van der Waals surface area contributed by atoms with Crippen molar-refractivity contribution in [1.82, 2.24) is 0 Å². The fourth-order valence-electron chi connectivity index (χ4n) is 1.19. The molecule has 0 unspecified atom stereocenters. The van der Waals surface area contributed by atoms with E-state index in [1.54, 1.807) is 6.08 Å². The molecule has 0 aromatic carbocycles. The number of allylic oxidation sites excluding steroid dienone is 8. The Morgan fingerprint density at radius 1 is 1.29 bits per heavy atom. The average Bonchev–Trinajstić information content (AvgIpc) is 2.33. The molecule has 0 atom stereocenters. The third kappa shape index (κ3) is 7.25. The Labute approximate surface area is 104 Å². The van der Waals surface area contributed by atoms with Crippen LogP contribution in [-0.4, -0.2) is 12.8 Å². The van der Waals surface area contributed by atoms with Crippen molar-refractivity contribution in [3.8, 4) is 0 Å². The van der Waals surface area contributed by atoms with Crippen molar-refractivity contribution in [2.45, 2.75) is 20.3 Å². The van der Waals surface area contributed by atoms with Gasteiger partial charge in [0, 0.05) is 12.8 Å². The van der Waals surface area contributed by atoms with Gasteiger partial charge in [-0.3, -0.25) is 0 Å². The SMILES string of the molecule is C=C(/C=C\CC)\C(C)=C/C(/C=C\CN)=C/C=N. The molecular weight excluding hydrogens is 208 g/mol. The molecule has 2 heteroatoms. The summed E-state index contributed by atoms with van der Waals surface area (Å²) in [6.45, 7) is 8.60. The fourth-order valence-corrected chi connectivity index (χ4v) is 1.19. The molecule has 0 heterocycles. The van der Waals surface area contributed by atoms with Crippen LogP contribution in [0, 0.1) is 5.41 Å². The Bertz CT molecular complexity index is 368. The molecule has 92 valence electrons. The van der Waals surface area contributed by atoms with Crippen molar-refractivity contribution in [3.63, 3.8) is 0 Å². The summed E-state index contributed by atoms with van der Waals surface area (Å²) in [5.74, 6) is 0. The number of nitrogens with two attached hydrogens (primary N) is 1. The average molecular weight is 230 g/mol. The summed E-state index contributed by atoms with van der Waals surface area (Å²) >= 11 is 0. The van der Waals surface area contributed by atoms with Crippen LogP contribution >= 0.6 is 0 Å². The molecule has 0 fully saturated rings. The van der Waals surface area contributed by atoms with Gasteiger partial charge in [-0.1, -0.05) is 43.9 Å². The minimum absolute atomic E-state index is 0.499. The van der Waals surface area contributed by atoms with E-state index in [0.717, 1.165) is 23.1 Å². The normalized spacial score (nSPS) is 13.6. The topological polar surface area (TPSA) is 49.9 Å². The zero-order chi connectivity index (χ0) is 13.1. The molecule has 0 saturated carbocycles. The summed E-state index contributed by atoms with van der Waals surface area (Å²) in [6.07, 6.45) is 13.9. The Kier molecular flexibility index (Phi) is 8.61. The van der Waals surface area contributed by atoms with Crippen LogP contribution in [0.3, 0.4) is 0 Å². The van der Waals surface area contributed by atoms with Crippen LogP contribution in [0.15, 0.2) is 59.8 Å². The lowest BCUT2D eigenvalue weighted by Gasteiger charge is -2.01. The number of rotatable bonds is 7. The molecule has 0 radical (unpaired) electrons. The van der Waals surface area contributed by atoms with Crippen LogP contribution in [0.1, 0.15) is 20.3 Å². The molecule has 0 aromatic rings. The maximum atomic E-state index is 7.10. The second kappa shape index (κ2) is 9.55. The molecule has 0 saturated heterocycles. The van der Waals surface area contributed by atoms with Crippen LogP contribution in [-0.2, 0) is 0 Å². The molecule has 0 spiro atoms. The molecule has 0 aromatic heterocycles. The van der Waals surface area contributed by atoms with Gasteiger partial charge in [0.2, 0.25) is 0 Å². The molecule has 17 heavy (non-hydrogen) atoms. The van der Waals surface area contributed by atoms with Crippen molar-refractivity contribution >= 4 is 6.21 Å². The summed E-state index contributed by atoms with van der Waals surface area (Å²) in [5.41, 5.74) is 8.44. The van der Waals surface area contributed by atoms with Gasteiger partial charge in [-0.15, -0.1) is 0 Å². The number of hydrogen-bond donors (Lipinski definition) is 2. The highest BCUT2D eigenvalue weighted by Gasteiger charge is 1.93. The van der Waals surface area contributed by atoms with E-state index in [4.69, 9.17) is 11.1 Å². The maximum absolute atomic E-state index is 7.10. The molecular formula is C15H22N2. The van der Waals surface area contributed by atoms with Crippen molar-refractivity contribution in [3.05, 3.63) is 59.8 Å². The molecule has 0 rings (SSSR count). The highest BCUT2D eigenvalue weighted by atomic mass is 14.5. The van der Waals surface area contributed by atoms with E-state index in [1.807, 2.05) is 31.2 Å². The van der Waals surface area contributed by atoms with Crippen LogP contribution in [0.25, 0.3) is 0 Å². The molecule has 0 aliphatic carbocycles. The van der Waals surface area contributed by atoms with E-state index in [0.29, 0.717) is 6.54 Å². The van der Waals surface area contributed by atoms with Crippen molar-refractivity contribution in [2.24, 2.45) is 5.73 Å². The summed E-state index contributed by atoms with van der Waals surface area (Å²) < 4.78 is 0. The number of hydrogen-bond acceptors (Lipinski definition) is 2. The van der Waals surface area contributed by atoms with Crippen molar-refractivity contribution < 1.29 is 0 Å². The molecule has 0 amide bonds.